The third-order valence-corrected chi connectivity index (χ3v) is 3.78. The first-order valence-electron chi connectivity index (χ1n) is 7.57. The third kappa shape index (κ3) is 4.71. The smallest absolute Gasteiger partial charge is 0.241 e. The average Bonchev–Trinajstić information content (AvgIpc) is 3.19. The summed E-state index contributed by atoms with van der Waals surface area (Å²) in [5.41, 5.74) is 0.631. The number of aromatic nitrogens is 2. The van der Waals surface area contributed by atoms with Crippen LogP contribution in [0.25, 0.3) is 0 Å². The van der Waals surface area contributed by atoms with E-state index in [1.807, 2.05) is 0 Å². The Hall–Kier alpha value is -1.60. The molecule has 2 amide bonds. The van der Waals surface area contributed by atoms with Crippen LogP contribution in [0.1, 0.15) is 32.1 Å². The Morgan fingerprint density at radius 3 is 2.82 bits per heavy atom. The minimum absolute atomic E-state index is 0. The van der Waals surface area contributed by atoms with E-state index in [4.69, 9.17) is 0 Å². The van der Waals surface area contributed by atoms with Gasteiger partial charge in [-0.25, -0.2) is 0 Å². The lowest BCUT2D eigenvalue weighted by Crippen LogP contribution is -2.43. The fourth-order valence-electron chi connectivity index (χ4n) is 2.47. The lowest BCUT2D eigenvalue weighted by molar-refractivity contribution is -0.122. The molecule has 22 heavy (non-hydrogen) atoms. The predicted octanol–water partition coefficient (Wildman–Crippen LogP) is 0.664. The molecule has 3 N–H and O–H groups in total. The van der Waals surface area contributed by atoms with Gasteiger partial charge in [0.2, 0.25) is 11.8 Å². The molecule has 0 spiro atoms. The van der Waals surface area contributed by atoms with Crippen molar-refractivity contribution in [3.63, 3.8) is 0 Å². The molecule has 2 fully saturated rings. The quantitative estimate of drug-likeness (QED) is 0.741. The van der Waals surface area contributed by atoms with E-state index >= 15 is 0 Å². The number of amides is 2. The Balaban J connectivity index is 0.00000176. The van der Waals surface area contributed by atoms with Gasteiger partial charge in [0.1, 0.15) is 6.54 Å². The van der Waals surface area contributed by atoms with Gasteiger partial charge >= 0.3 is 0 Å². The molecule has 0 aromatic carbocycles. The maximum atomic E-state index is 12.1. The number of rotatable bonds is 5. The van der Waals surface area contributed by atoms with E-state index in [1.54, 1.807) is 17.1 Å². The van der Waals surface area contributed by atoms with Crippen molar-refractivity contribution in [1.29, 1.82) is 0 Å². The Morgan fingerprint density at radius 1 is 1.32 bits per heavy atom. The van der Waals surface area contributed by atoms with Crippen LogP contribution < -0.4 is 16.0 Å². The molecule has 1 aromatic rings. The van der Waals surface area contributed by atoms with Crippen molar-refractivity contribution in [3.05, 3.63) is 12.4 Å². The fraction of sp³-hybridized carbons (Fsp3) is 0.643. The highest BCUT2D eigenvalue weighted by atomic mass is 35.5. The SMILES string of the molecule is Cl.O=C(Cn1cc(NC(=O)[C@@H]2CCCCN2)cn1)NC1CC1. The van der Waals surface area contributed by atoms with Crippen molar-refractivity contribution in [2.45, 2.75) is 50.7 Å². The van der Waals surface area contributed by atoms with Gasteiger partial charge in [-0.2, -0.15) is 5.10 Å². The minimum Gasteiger partial charge on any atom is -0.352 e. The zero-order valence-electron chi connectivity index (χ0n) is 12.4. The molecule has 1 atom stereocenters. The van der Waals surface area contributed by atoms with Gasteiger partial charge in [-0.3, -0.25) is 14.3 Å². The molecular formula is C14H22ClN5O2. The highest BCUT2D eigenvalue weighted by Gasteiger charge is 2.23. The molecule has 1 aromatic heterocycles. The topological polar surface area (TPSA) is 88.1 Å². The number of hydrogen-bond donors (Lipinski definition) is 3. The van der Waals surface area contributed by atoms with Crippen molar-refractivity contribution in [2.75, 3.05) is 11.9 Å². The summed E-state index contributed by atoms with van der Waals surface area (Å²) in [6.07, 6.45) is 8.46. The highest BCUT2D eigenvalue weighted by molar-refractivity contribution is 5.94. The maximum absolute atomic E-state index is 12.1. The molecule has 1 saturated heterocycles. The predicted molar refractivity (Wildman–Crippen MR) is 84.9 cm³/mol. The van der Waals surface area contributed by atoms with Crippen molar-refractivity contribution < 1.29 is 9.59 Å². The van der Waals surface area contributed by atoms with Gasteiger partial charge in [0.15, 0.2) is 0 Å². The zero-order valence-corrected chi connectivity index (χ0v) is 13.2. The van der Waals surface area contributed by atoms with Crippen molar-refractivity contribution in [2.24, 2.45) is 0 Å². The average molecular weight is 328 g/mol. The number of hydrogen-bond acceptors (Lipinski definition) is 4. The lowest BCUT2D eigenvalue weighted by atomic mass is 10.0. The van der Waals surface area contributed by atoms with E-state index in [0.29, 0.717) is 11.7 Å². The summed E-state index contributed by atoms with van der Waals surface area (Å²) in [7, 11) is 0. The number of carbonyl (C=O) groups is 2. The molecule has 122 valence electrons. The van der Waals surface area contributed by atoms with Gasteiger partial charge < -0.3 is 16.0 Å². The van der Waals surface area contributed by atoms with Crippen LogP contribution in [0.3, 0.4) is 0 Å². The van der Waals surface area contributed by atoms with E-state index in [-0.39, 0.29) is 36.8 Å². The second-order valence-corrected chi connectivity index (χ2v) is 5.76. The standard InChI is InChI=1S/C14H21N5O2.ClH/c20-13(17-10-4-5-10)9-19-8-11(7-16-19)18-14(21)12-3-1-2-6-15-12;/h7-8,10,12,15H,1-6,9H2,(H,17,20)(H,18,21);1H/t12-;/m0./s1. The Morgan fingerprint density at radius 2 is 2.14 bits per heavy atom. The molecule has 2 heterocycles. The number of anilines is 1. The van der Waals surface area contributed by atoms with Crippen LogP contribution in [0.2, 0.25) is 0 Å². The van der Waals surface area contributed by atoms with Crippen LogP contribution in [-0.2, 0) is 16.1 Å². The summed E-state index contributed by atoms with van der Waals surface area (Å²) >= 11 is 0. The molecule has 8 heteroatoms. The molecule has 0 unspecified atom stereocenters. The number of halogens is 1. The molecule has 7 nitrogen and oxygen atoms in total. The summed E-state index contributed by atoms with van der Waals surface area (Å²) in [5.74, 6) is -0.0656. The second kappa shape index (κ2) is 7.60. The number of nitrogens with one attached hydrogen (secondary N) is 3. The van der Waals surface area contributed by atoms with Crippen LogP contribution in [-0.4, -0.2) is 40.2 Å². The van der Waals surface area contributed by atoms with Crippen LogP contribution in [0.5, 0.6) is 0 Å². The minimum atomic E-state index is -0.125. The van der Waals surface area contributed by atoms with E-state index in [9.17, 15) is 9.59 Å². The van der Waals surface area contributed by atoms with Gasteiger partial charge in [0.25, 0.3) is 0 Å². The first kappa shape index (κ1) is 16.8. The van der Waals surface area contributed by atoms with Crippen LogP contribution in [0.4, 0.5) is 5.69 Å². The lowest BCUT2D eigenvalue weighted by Gasteiger charge is -2.22. The highest BCUT2D eigenvalue weighted by Crippen LogP contribution is 2.18. The first-order valence-corrected chi connectivity index (χ1v) is 7.57. The van der Waals surface area contributed by atoms with Crippen molar-refractivity contribution in [1.82, 2.24) is 20.4 Å². The summed E-state index contributed by atoms with van der Waals surface area (Å²) in [6, 6.07) is 0.227. The summed E-state index contributed by atoms with van der Waals surface area (Å²) < 4.78 is 1.54. The molecule has 0 radical (unpaired) electrons. The molecular weight excluding hydrogens is 306 g/mol. The summed E-state index contributed by atoms with van der Waals surface area (Å²) in [5, 5.41) is 13.1. The Kier molecular flexibility index (Phi) is 5.79. The van der Waals surface area contributed by atoms with E-state index in [2.05, 4.69) is 21.0 Å². The van der Waals surface area contributed by atoms with E-state index in [1.165, 1.54) is 0 Å². The van der Waals surface area contributed by atoms with Crippen LogP contribution >= 0.6 is 12.4 Å². The largest absolute Gasteiger partial charge is 0.352 e. The zero-order chi connectivity index (χ0) is 14.7. The second-order valence-electron chi connectivity index (χ2n) is 5.76. The number of piperidine rings is 1. The monoisotopic (exact) mass is 327 g/mol. The molecule has 0 bridgehead atoms. The van der Waals surface area contributed by atoms with Crippen LogP contribution in [0.15, 0.2) is 12.4 Å². The van der Waals surface area contributed by atoms with Gasteiger partial charge in [0, 0.05) is 12.2 Å². The van der Waals surface area contributed by atoms with Gasteiger partial charge in [-0.05, 0) is 32.2 Å². The maximum Gasteiger partial charge on any atom is 0.241 e. The summed E-state index contributed by atoms with van der Waals surface area (Å²) in [4.78, 5) is 23.7. The molecule has 3 rings (SSSR count). The van der Waals surface area contributed by atoms with Gasteiger partial charge in [0.05, 0.1) is 17.9 Å². The Bertz CT molecular complexity index is 523. The van der Waals surface area contributed by atoms with E-state index < -0.39 is 0 Å². The van der Waals surface area contributed by atoms with Gasteiger partial charge in [-0.1, -0.05) is 6.42 Å². The Labute approximate surface area is 135 Å². The molecule has 1 saturated carbocycles. The van der Waals surface area contributed by atoms with E-state index in [0.717, 1.165) is 38.6 Å². The number of nitrogens with zero attached hydrogens (tertiary/aromatic N) is 2. The summed E-state index contributed by atoms with van der Waals surface area (Å²) in [6.45, 7) is 1.08. The van der Waals surface area contributed by atoms with Crippen molar-refractivity contribution >= 4 is 29.9 Å². The fourth-order valence-corrected chi connectivity index (χ4v) is 2.47. The van der Waals surface area contributed by atoms with Crippen LogP contribution in [0, 0.1) is 0 Å². The third-order valence-electron chi connectivity index (χ3n) is 3.78. The molecule has 1 aliphatic carbocycles. The molecule has 1 aliphatic heterocycles. The normalized spacial score (nSPS) is 20.8. The first-order chi connectivity index (χ1) is 10.2. The van der Waals surface area contributed by atoms with Crippen molar-refractivity contribution in [3.8, 4) is 0 Å². The number of carbonyl (C=O) groups excluding carboxylic acids is 2. The molecule has 2 aliphatic rings. The van der Waals surface area contributed by atoms with Gasteiger partial charge in [-0.15, -0.1) is 12.4 Å².